The molecule has 0 unspecified atom stereocenters. The molecule has 3 heterocycles. The van der Waals surface area contributed by atoms with E-state index in [0.29, 0.717) is 11.1 Å². The average Bonchev–Trinajstić information content (AvgIpc) is 1.14. The first-order valence-corrected chi connectivity index (χ1v) is 39.5. The Hall–Kier alpha value is -11.3. The van der Waals surface area contributed by atoms with E-state index in [1.165, 1.54) is 46.7 Å². The van der Waals surface area contributed by atoms with Crippen LogP contribution in [0.5, 0.6) is 0 Å². The smallest absolute Gasteiger partial charge is 0.303 e. The van der Waals surface area contributed by atoms with Crippen LogP contribution in [0.1, 0.15) is 110 Å². The summed E-state index contributed by atoms with van der Waals surface area (Å²) in [5, 5.41) is 57.6. The molecule has 0 spiro atoms. The maximum absolute atomic E-state index is 15.2. The number of fused-ring (bicyclic) bond motifs is 2. The molecule has 115 heavy (non-hydrogen) atoms. The Morgan fingerprint density at radius 3 is 1.54 bits per heavy atom. The molecule has 3 saturated heterocycles. The van der Waals surface area contributed by atoms with Crippen molar-refractivity contribution < 1.29 is 92.0 Å². The van der Waals surface area contributed by atoms with E-state index < -0.39 is 216 Å². The van der Waals surface area contributed by atoms with Gasteiger partial charge < -0.3 is 93.8 Å². The van der Waals surface area contributed by atoms with Crippen LogP contribution in [-0.4, -0.2) is 265 Å². The first-order chi connectivity index (χ1) is 54.5. The molecular formula is C80H107N15O19S. The van der Waals surface area contributed by atoms with Crippen LogP contribution >= 0.6 is 11.8 Å². The Morgan fingerprint density at radius 2 is 0.974 bits per heavy atom. The van der Waals surface area contributed by atoms with Gasteiger partial charge in [0, 0.05) is 52.2 Å². The number of aryl methyl sites for hydroxylation is 1. The number of aliphatic carboxylic acids is 1. The van der Waals surface area contributed by atoms with Crippen molar-refractivity contribution in [3.05, 3.63) is 132 Å². The summed E-state index contributed by atoms with van der Waals surface area (Å²) in [6.07, 6.45) is -4.18. The second-order valence-electron chi connectivity index (χ2n) is 29.5. The van der Waals surface area contributed by atoms with Crippen LogP contribution in [0.25, 0.3) is 11.1 Å². The molecule has 3 fully saturated rings. The van der Waals surface area contributed by atoms with Gasteiger partial charge in [0.25, 0.3) is 0 Å². The summed E-state index contributed by atoms with van der Waals surface area (Å²) in [7, 11) is 2.54. The molecule has 15 atom stereocenters. The largest absolute Gasteiger partial charge is 0.481 e. The average molecular weight is 1610 g/mol. The van der Waals surface area contributed by atoms with Crippen LogP contribution in [0.4, 0.5) is 0 Å². The van der Waals surface area contributed by atoms with E-state index in [1.54, 1.807) is 98.8 Å². The van der Waals surface area contributed by atoms with Gasteiger partial charge in [0.05, 0.1) is 24.5 Å². The maximum Gasteiger partial charge on any atom is 0.303 e. The molecule has 35 heteroatoms. The van der Waals surface area contributed by atoms with Crippen LogP contribution in [-0.2, 0) is 96.0 Å². The van der Waals surface area contributed by atoms with Crippen LogP contribution in [0.15, 0.2) is 115 Å². The van der Waals surface area contributed by atoms with Crippen molar-refractivity contribution in [3.63, 3.8) is 0 Å². The SMILES string of the molecule is CC(C)[C@@H]1NC(=O)[C@H](Cc2ccccc2)NC(=O)CSC[C@@H](C(=O)NCC(N)=O)NC(=O)[C@@H]2CCCN2C(=O)[C@H](C)NC(=O)[C@H](CCC(=O)O)NC(=O)[C@H](C)N(C)C(=O)[C@H](Cc2ccc(-c3ccccc3)cc2)NC(=O)[C@H](CCc2ccccc2)N(C)C(=O)[C@H](C)NC(=O)[C@H]([C@@H](C)O)NC(=O)[C@H]([C@@H](C)O)NC(=O)[C@@H]2CCCN2C1=O. The molecule has 622 valence electrons. The molecule has 0 aromatic heterocycles. The number of hydrogen-bond acceptors (Lipinski definition) is 19. The highest BCUT2D eigenvalue weighted by molar-refractivity contribution is 8.00. The van der Waals surface area contributed by atoms with Gasteiger partial charge in [-0.25, -0.2) is 0 Å². The molecule has 15 amide bonds. The summed E-state index contributed by atoms with van der Waals surface area (Å²) in [5.41, 5.74) is 8.89. The number of aliphatic hydroxyl groups excluding tert-OH is 2. The number of thioether (sulfide) groups is 1. The topological polar surface area (TPSA) is 493 Å². The minimum absolute atomic E-state index is 0.00196. The number of hydrogen-bond donors (Lipinski definition) is 14. The van der Waals surface area contributed by atoms with Gasteiger partial charge in [-0.15, -0.1) is 11.8 Å². The van der Waals surface area contributed by atoms with E-state index in [1.807, 2.05) is 30.3 Å². The fourth-order valence-electron chi connectivity index (χ4n) is 13.7. The van der Waals surface area contributed by atoms with Crippen LogP contribution in [0.3, 0.4) is 0 Å². The van der Waals surface area contributed by atoms with E-state index >= 15 is 9.59 Å². The minimum atomic E-state index is -1.87. The lowest BCUT2D eigenvalue weighted by atomic mass is 9.98. The molecule has 3 aliphatic heterocycles. The van der Waals surface area contributed by atoms with Gasteiger partial charge in [0.2, 0.25) is 88.6 Å². The zero-order valence-corrected chi connectivity index (χ0v) is 66.8. The van der Waals surface area contributed by atoms with Crippen LogP contribution < -0.4 is 58.9 Å². The van der Waals surface area contributed by atoms with Crippen molar-refractivity contribution in [3.8, 4) is 11.1 Å². The third kappa shape index (κ3) is 26.1. The number of carbonyl (C=O) groups is 16. The number of aliphatic hydroxyl groups is 2. The Balaban J connectivity index is 1.23. The van der Waals surface area contributed by atoms with Gasteiger partial charge in [-0.2, -0.15) is 0 Å². The summed E-state index contributed by atoms with van der Waals surface area (Å²) in [6, 6.07) is 14.3. The molecular weight excluding hydrogens is 1510 g/mol. The highest BCUT2D eigenvalue weighted by Gasteiger charge is 2.44. The fourth-order valence-corrected chi connectivity index (χ4v) is 14.5. The zero-order valence-electron chi connectivity index (χ0n) is 66.0. The lowest BCUT2D eigenvalue weighted by molar-refractivity contribution is -0.145. The maximum atomic E-state index is 15.2. The number of benzene rings is 4. The molecule has 0 radical (unpaired) electrons. The lowest BCUT2D eigenvalue weighted by Crippen LogP contribution is -2.63. The number of nitrogens with one attached hydrogen (secondary N) is 10. The van der Waals surface area contributed by atoms with Crippen molar-refractivity contribution in [1.82, 2.24) is 72.8 Å². The van der Waals surface area contributed by atoms with Gasteiger partial charge in [-0.1, -0.05) is 129 Å². The molecule has 34 nitrogen and oxygen atoms in total. The molecule has 7 rings (SSSR count). The van der Waals surface area contributed by atoms with E-state index in [4.69, 9.17) is 5.73 Å². The minimum Gasteiger partial charge on any atom is -0.481 e. The monoisotopic (exact) mass is 1610 g/mol. The normalized spacial score (nSPS) is 25.8. The Bertz CT molecular complexity index is 4120. The van der Waals surface area contributed by atoms with E-state index in [9.17, 15) is 82.4 Å². The van der Waals surface area contributed by atoms with Gasteiger partial charge >= 0.3 is 5.97 Å². The zero-order chi connectivity index (χ0) is 84.5. The fraction of sp³-hybridized carbons (Fsp3) is 0.500. The molecule has 3 aliphatic rings. The quantitative estimate of drug-likeness (QED) is 0.0570. The number of likely N-dealkylation sites (N-methyl/N-ethyl adjacent to an activating group) is 2. The first-order valence-electron chi connectivity index (χ1n) is 38.4. The van der Waals surface area contributed by atoms with E-state index in [2.05, 4.69) is 53.2 Å². The second-order valence-corrected chi connectivity index (χ2v) is 30.6. The molecule has 4 aromatic carbocycles. The van der Waals surface area contributed by atoms with Crippen molar-refractivity contribution in [2.45, 2.75) is 203 Å². The van der Waals surface area contributed by atoms with Gasteiger partial charge in [-0.05, 0) is 113 Å². The Labute approximate surface area is 671 Å². The number of primary amides is 1. The highest BCUT2D eigenvalue weighted by atomic mass is 32.2. The predicted octanol–water partition coefficient (Wildman–Crippen LogP) is -1.54. The number of carboxylic acids is 1. The first kappa shape index (κ1) is 90.9. The third-order valence-electron chi connectivity index (χ3n) is 20.4. The molecule has 0 bridgehead atoms. The number of carboxylic acid groups (broad SMARTS) is 1. The standard InChI is InChI=1S/C80H107N15O19S/c1-44(2)65-80(114)95-38-20-28-61(95)74(108)90-67(49(7)97)76(110)91-66(48(6)96)75(109)84-45(3)77(111)93(9)59(35-31-50-21-13-10-14-22-50)72(106)87-57(40-52-29-32-54(33-30-52)53-25-17-12-18-26-53)79(113)92(8)47(5)68(102)86-55(34-36-64(100)101)70(104)83-46(4)78(112)94-37-19-27-60(94)73(107)88-58(69(103)82-41-62(81)98)42-115-43-63(99)85-56(71(105)89-65)39-51-23-15-11-16-24-51/h10-18,21-26,29-30,32-33,44-49,55-61,65-67,96-97H,19-20,27-28,31,34-43H2,1-9H3,(H2,81,98)(H,82,103)(H,83,104)(H,84,109)(H,85,99)(H,86,102)(H,87,106)(H,88,107)(H,89,105)(H,90,108)(H,91,110)(H,100,101)/t45-,46-,47-,48+,49+,55-,56-,57-,58-,59-,60-,61-,65-,66-,67-/m0/s1. The predicted molar refractivity (Wildman–Crippen MR) is 422 cm³/mol. The van der Waals surface area contributed by atoms with Crippen molar-refractivity contribution in [1.29, 1.82) is 0 Å². The number of nitrogens with zero attached hydrogens (tertiary/aromatic N) is 4. The summed E-state index contributed by atoms with van der Waals surface area (Å²) in [5.74, 6) is -16.4. The van der Waals surface area contributed by atoms with Crippen molar-refractivity contribution in [2.75, 3.05) is 45.2 Å². The number of nitrogens with two attached hydrogens (primary N) is 1. The Kier molecular flexibility index (Phi) is 34.2. The van der Waals surface area contributed by atoms with Crippen molar-refractivity contribution in [2.24, 2.45) is 11.7 Å². The summed E-state index contributed by atoms with van der Waals surface area (Å²) < 4.78 is 0. The number of carbonyl (C=O) groups excluding carboxylic acids is 15. The van der Waals surface area contributed by atoms with Crippen LogP contribution in [0.2, 0.25) is 0 Å². The van der Waals surface area contributed by atoms with E-state index in [-0.39, 0.29) is 70.2 Å². The summed E-state index contributed by atoms with van der Waals surface area (Å²) >= 11 is 0.832. The molecule has 0 aliphatic carbocycles. The highest BCUT2D eigenvalue weighted by Crippen LogP contribution is 2.25. The molecule has 15 N–H and O–H groups in total. The Morgan fingerprint density at radius 1 is 0.496 bits per heavy atom. The molecule has 0 saturated carbocycles. The lowest BCUT2D eigenvalue weighted by Gasteiger charge is -2.34. The second kappa shape index (κ2) is 43.2. The number of amides is 15. The van der Waals surface area contributed by atoms with E-state index in [0.717, 1.165) is 50.1 Å². The number of rotatable bonds is 17. The summed E-state index contributed by atoms with van der Waals surface area (Å²) in [6.45, 7) is 8.78. The third-order valence-corrected chi connectivity index (χ3v) is 21.4. The van der Waals surface area contributed by atoms with Gasteiger partial charge in [-0.3, -0.25) is 76.7 Å². The van der Waals surface area contributed by atoms with Gasteiger partial charge in [0.1, 0.15) is 78.5 Å². The molecule has 4 aromatic rings. The van der Waals surface area contributed by atoms with Gasteiger partial charge in [0.15, 0.2) is 0 Å². The summed E-state index contributed by atoms with van der Waals surface area (Å²) in [4.78, 5) is 231. The van der Waals surface area contributed by atoms with Crippen LogP contribution in [0, 0.1) is 5.92 Å². The van der Waals surface area contributed by atoms with Crippen molar-refractivity contribution >= 4 is 106 Å².